The molecule has 0 bridgehead atoms. The number of ether oxygens (including phenoxy) is 2. The fourth-order valence-electron chi connectivity index (χ4n) is 5.41. The summed E-state index contributed by atoms with van der Waals surface area (Å²) < 4.78 is 12.5. The number of halogens is 1. The summed E-state index contributed by atoms with van der Waals surface area (Å²) in [6.07, 6.45) is 4.97. The molecule has 8 heteroatoms. The van der Waals surface area contributed by atoms with Crippen LogP contribution in [0.2, 0.25) is 5.02 Å². The molecule has 6 rings (SSSR count). The van der Waals surface area contributed by atoms with E-state index in [9.17, 15) is 0 Å². The van der Waals surface area contributed by atoms with Crippen LogP contribution >= 0.6 is 11.6 Å². The minimum Gasteiger partial charge on any atom is -0.485 e. The molecule has 2 heterocycles. The van der Waals surface area contributed by atoms with Crippen LogP contribution in [0.5, 0.6) is 11.5 Å². The van der Waals surface area contributed by atoms with Gasteiger partial charge in [-0.15, -0.1) is 0 Å². The highest BCUT2D eigenvalue weighted by Gasteiger charge is 2.14. The molecular weight excluding hydrogens is 594 g/mol. The van der Waals surface area contributed by atoms with Crippen LogP contribution in [0.1, 0.15) is 28.9 Å². The number of likely N-dealkylation sites (N-methyl/N-ethyl adjacent to an activating group) is 1. The van der Waals surface area contributed by atoms with Gasteiger partial charge in [0.25, 0.3) is 0 Å². The summed E-state index contributed by atoms with van der Waals surface area (Å²) in [6, 6.07) is 32.0. The van der Waals surface area contributed by atoms with Crippen molar-refractivity contribution < 1.29 is 9.47 Å². The van der Waals surface area contributed by atoms with E-state index < -0.39 is 0 Å². The van der Waals surface area contributed by atoms with Crippen molar-refractivity contribution in [3.8, 4) is 11.5 Å². The van der Waals surface area contributed by atoms with E-state index in [1.807, 2.05) is 84.9 Å². The summed E-state index contributed by atoms with van der Waals surface area (Å²) in [7, 11) is 2.19. The van der Waals surface area contributed by atoms with Crippen molar-refractivity contribution in [3.63, 3.8) is 0 Å². The van der Waals surface area contributed by atoms with Gasteiger partial charge in [-0.3, -0.25) is 0 Å². The predicted octanol–water partition coefficient (Wildman–Crippen LogP) is 7.66. The van der Waals surface area contributed by atoms with E-state index in [0.29, 0.717) is 35.6 Å². The molecule has 5 aromatic rings. The predicted molar refractivity (Wildman–Crippen MR) is 189 cm³/mol. The van der Waals surface area contributed by atoms with E-state index in [0.717, 1.165) is 79.1 Å². The normalized spacial score (nSPS) is 14.1. The maximum absolute atomic E-state index is 6.36. The first-order chi connectivity index (χ1) is 22.6. The fourth-order valence-corrected chi connectivity index (χ4v) is 5.58. The third-order valence-corrected chi connectivity index (χ3v) is 8.32. The second-order valence-corrected chi connectivity index (χ2v) is 12.0. The molecule has 0 aliphatic carbocycles. The number of benzene rings is 4. The van der Waals surface area contributed by atoms with Gasteiger partial charge in [0.2, 0.25) is 0 Å². The monoisotopic (exact) mass is 633 g/mol. The molecular formula is C38H40ClN5O2. The Morgan fingerprint density at radius 2 is 1.46 bits per heavy atom. The van der Waals surface area contributed by atoms with Crippen molar-refractivity contribution in [1.29, 1.82) is 0 Å². The lowest BCUT2D eigenvalue weighted by atomic mass is 10.1. The lowest BCUT2D eigenvalue weighted by Gasteiger charge is -2.32. The van der Waals surface area contributed by atoms with Gasteiger partial charge in [-0.25, -0.2) is 9.97 Å². The smallest absolute Gasteiger partial charge is 0.162 e. The van der Waals surface area contributed by atoms with Gasteiger partial charge in [-0.2, -0.15) is 0 Å². The first kappa shape index (κ1) is 31.5. The molecule has 0 radical (unpaired) electrons. The number of aromatic nitrogens is 2. The number of piperazine rings is 1. The third-order valence-electron chi connectivity index (χ3n) is 8.08. The SMILES string of the molecule is CN1CCN(CCCNc2nc(/C=C/c3ccc(OCc4ccccc4)c(OCc4ccccc4)c3)nc3cc(Cl)ccc23)CC1. The number of hydrogen-bond donors (Lipinski definition) is 1. The van der Waals surface area contributed by atoms with Gasteiger partial charge in [0.05, 0.1) is 5.52 Å². The molecule has 46 heavy (non-hydrogen) atoms. The number of anilines is 1. The van der Waals surface area contributed by atoms with E-state index in [1.165, 1.54) is 0 Å². The molecule has 1 saturated heterocycles. The van der Waals surface area contributed by atoms with Gasteiger partial charge in [0.1, 0.15) is 19.0 Å². The summed E-state index contributed by atoms with van der Waals surface area (Å²) in [4.78, 5) is 14.6. The van der Waals surface area contributed by atoms with Crippen LogP contribution in [0.25, 0.3) is 23.1 Å². The Kier molecular flexibility index (Phi) is 10.8. The molecule has 1 aliphatic rings. The second kappa shape index (κ2) is 15.7. The highest BCUT2D eigenvalue weighted by Crippen LogP contribution is 2.31. The van der Waals surface area contributed by atoms with E-state index >= 15 is 0 Å². The van der Waals surface area contributed by atoms with Crippen molar-refractivity contribution in [2.75, 3.05) is 51.6 Å². The molecule has 0 atom stereocenters. The molecule has 7 nitrogen and oxygen atoms in total. The topological polar surface area (TPSA) is 62.8 Å². The van der Waals surface area contributed by atoms with Gasteiger partial charge < -0.3 is 24.6 Å². The van der Waals surface area contributed by atoms with E-state index in [1.54, 1.807) is 0 Å². The molecule has 0 amide bonds. The Hall–Kier alpha value is -4.43. The Bertz CT molecular complexity index is 1740. The van der Waals surface area contributed by atoms with Gasteiger partial charge >= 0.3 is 0 Å². The van der Waals surface area contributed by atoms with Crippen LogP contribution in [0.4, 0.5) is 5.82 Å². The zero-order valence-corrected chi connectivity index (χ0v) is 27.0. The molecule has 0 unspecified atom stereocenters. The van der Waals surface area contributed by atoms with Gasteiger partial charge in [0, 0.05) is 43.1 Å². The molecule has 0 saturated carbocycles. The third kappa shape index (κ3) is 8.85. The number of nitrogens with zero attached hydrogens (tertiary/aromatic N) is 4. The molecule has 1 aromatic heterocycles. The highest BCUT2D eigenvalue weighted by molar-refractivity contribution is 6.31. The van der Waals surface area contributed by atoms with Crippen molar-refractivity contribution in [2.24, 2.45) is 0 Å². The van der Waals surface area contributed by atoms with Gasteiger partial charge in [-0.05, 0) is 73.1 Å². The van der Waals surface area contributed by atoms with Crippen molar-refractivity contribution in [2.45, 2.75) is 19.6 Å². The number of rotatable bonds is 13. The van der Waals surface area contributed by atoms with Gasteiger partial charge in [0.15, 0.2) is 17.3 Å². The first-order valence-electron chi connectivity index (χ1n) is 15.9. The van der Waals surface area contributed by atoms with Crippen LogP contribution in [-0.4, -0.2) is 66.1 Å². The Labute approximate surface area is 276 Å². The Balaban J connectivity index is 1.18. The number of hydrogen-bond acceptors (Lipinski definition) is 7. The summed E-state index contributed by atoms with van der Waals surface area (Å²) in [5.74, 6) is 2.79. The van der Waals surface area contributed by atoms with Crippen LogP contribution < -0.4 is 14.8 Å². The van der Waals surface area contributed by atoms with Crippen LogP contribution in [0.15, 0.2) is 97.1 Å². The van der Waals surface area contributed by atoms with Crippen LogP contribution in [0.3, 0.4) is 0 Å². The highest BCUT2D eigenvalue weighted by atomic mass is 35.5. The molecule has 1 aliphatic heterocycles. The fraction of sp³-hybridized carbons (Fsp3) is 0.263. The zero-order valence-electron chi connectivity index (χ0n) is 26.2. The molecule has 236 valence electrons. The van der Waals surface area contributed by atoms with Gasteiger partial charge in [-0.1, -0.05) is 84.4 Å². The zero-order chi connectivity index (χ0) is 31.6. The molecule has 4 aromatic carbocycles. The van der Waals surface area contributed by atoms with Crippen molar-refractivity contribution in [1.82, 2.24) is 19.8 Å². The standard InChI is InChI=1S/C38H40ClN5O2/c1-43-21-23-44(24-22-43)20-8-19-40-38-33-16-15-32(39)26-34(33)41-37(42-38)18-14-29-13-17-35(45-27-30-9-4-2-5-10-30)36(25-29)46-28-31-11-6-3-7-12-31/h2-7,9-18,25-26H,8,19-24,27-28H2,1H3,(H,40,41,42)/b18-14+. The molecule has 1 N–H and O–H groups in total. The minimum absolute atomic E-state index is 0.439. The maximum atomic E-state index is 6.36. The average molecular weight is 634 g/mol. The Morgan fingerprint density at radius 1 is 0.761 bits per heavy atom. The maximum Gasteiger partial charge on any atom is 0.162 e. The van der Waals surface area contributed by atoms with E-state index in [4.69, 9.17) is 31.0 Å². The second-order valence-electron chi connectivity index (χ2n) is 11.6. The number of fused-ring (bicyclic) bond motifs is 1. The van der Waals surface area contributed by atoms with Crippen molar-refractivity contribution in [3.05, 3.63) is 125 Å². The van der Waals surface area contributed by atoms with Crippen LogP contribution in [-0.2, 0) is 13.2 Å². The lowest BCUT2D eigenvalue weighted by molar-refractivity contribution is 0.154. The largest absolute Gasteiger partial charge is 0.485 e. The van der Waals surface area contributed by atoms with Crippen molar-refractivity contribution >= 4 is 40.5 Å². The summed E-state index contributed by atoms with van der Waals surface area (Å²) >= 11 is 6.36. The summed E-state index contributed by atoms with van der Waals surface area (Å²) in [5, 5.41) is 5.17. The first-order valence-corrected chi connectivity index (χ1v) is 16.2. The number of nitrogens with one attached hydrogen (secondary N) is 1. The summed E-state index contributed by atoms with van der Waals surface area (Å²) in [5.41, 5.74) is 3.94. The Morgan fingerprint density at radius 3 is 2.17 bits per heavy atom. The average Bonchev–Trinajstić information content (AvgIpc) is 3.09. The van der Waals surface area contributed by atoms with Crippen LogP contribution in [0, 0.1) is 0 Å². The quantitative estimate of drug-likeness (QED) is 0.134. The summed E-state index contributed by atoms with van der Waals surface area (Å²) in [6.45, 7) is 7.30. The molecule has 1 fully saturated rings. The molecule has 0 spiro atoms. The minimum atomic E-state index is 0.439. The van der Waals surface area contributed by atoms with E-state index in [-0.39, 0.29) is 0 Å². The van der Waals surface area contributed by atoms with E-state index in [2.05, 4.69) is 46.4 Å². The lowest BCUT2D eigenvalue weighted by Crippen LogP contribution is -2.44.